The Kier molecular flexibility index (Phi) is 5.49. The van der Waals surface area contributed by atoms with Gasteiger partial charge >= 0.3 is 5.97 Å². The topological polar surface area (TPSA) is 82.8 Å². The number of carbonyl (C=O) groups excluding carboxylic acids is 2. The molecular formula is C21H20ClN3O4. The average Bonchev–Trinajstić information content (AvgIpc) is 3.03. The molecule has 2 aromatic heterocycles. The maximum absolute atomic E-state index is 12.4. The Labute approximate surface area is 172 Å². The fourth-order valence-electron chi connectivity index (χ4n) is 3.79. The van der Waals surface area contributed by atoms with Crippen molar-refractivity contribution in [3.8, 4) is 0 Å². The van der Waals surface area contributed by atoms with Crippen molar-refractivity contribution >= 4 is 29.6 Å². The molecule has 0 amide bonds. The van der Waals surface area contributed by atoms with Crippen LogP contribution in [0.3, 0.4) is 0 Å². The number of rotatable bonds is 7. The Morgan fingerprint density at radius 3 is 2.83 bits per heavy atom. The second-order valence-corrected chi connectivity index (χ2v) is 7.54. The van der Waals surface area contributed by atoms with Gasteiger partial charge in [-0.2, -0.15) is 0 Å². The fraction of sp³-hybridized carbons (Fsp3) is 0.333. The summed E-state index contributed by atoms with van der Waals surface area (Å²) in [6.07, 6.45) is 4.20. The van der Waals surface area contributed by atoms with Gasteiger partial charge in [0.1, 0.15) is 11.3 Å². The first kappa shape index (κ1) is 19.4. The second kappa shape index (κ2) is 8.21. The molecule has 8 heteroatoms. The van der Waals surface area contributed by atoms with Crippen LogP contribution < -0.4 is 0 Å². The van der Waals surface area contributed by atoms with E-state index in [1.807, 2.05) is 23.6 Å². The lowest BCUT2D eigenvalue weighted by Crippen LogP contribution is -2.30. The summed E-state index contributed by atoms with van der Waals surface area (Å²) < 4.78 is 12.4. The van der Waals surface area contributed by atoms with Crippen LogP contribution in [0.5, 0.6) is 0 Å². The normalized spacial score (nSPS) is 19.4. The summed E-state index contributed by atoms with van der Waals surface area (Å²) in [6.45, 7) is 2.47. The number of halogens is 1. The van der Waals surface area contributed by atoms with E-state index in [0.717, 1.165) is 29.9 Å². The maximum Gasteiger partial charge on any atom is 0.352 e. The Morgan fingerprint density at radius 1 is 1.34 bits per heavy atom. The van der Waals surface area contributed by atoms with E-state index in [1.165, 1.54) is 0 Å². The van der Waals surface area contributed by atoms with Gasteiger partial charge in [0.25, 0.3) is 6.47 Å². The lowest BCUT2D eigenvalue weighted by molar-refractivity contribution is -0.164. The van der Waals surface area contributed by atoms with E-state index in [9.17, 15) is 9.59 Å². The lowest BCUT2D eigenvalue weighted by Gasteiger charge is -2.34. The van der Waals surface area contributed by atoms with E-state index < -0.39 is 12.1 Å². The van der Waals surface area contributed by atoms with Crippen molar-refractivity contribution in [2.45, 2.75) is 31.8 Å². The molecule has 150 valence electrons. The molecule has 4 rings (SSSR count). The van der Waals surface area contributed by atoms with Gasteiger partial charge in [0.05, 0.1) is 12.3 Å². The highest BCUT2D eigenvalue weighted by atomic mass is 35.5. The second-order valence-electron chi connectivity index (χ2n) is 7.18. The van der Waals surface area contributed by atoms with Gasteiger partial charge in [0.2, 0.25) is 6.10 Å². The summed E-state index contributed by atoms with van der Waals surface area (Å²) in [7, 11) is 0. The van der Waals surface area contributed by atoms with E-state index in [0.29, 0.717) is 10.7 Å². The van der Waals surface area contributed by atoms with E-state index >= 15 is 0 Å². The zero-order valence-corrected chi connectivity index (χ0v) is 16.6. The predicted molar refractivity (Wildman–Crippen MR) is 105 cm³/mol. The van der Waals surface area contributed by atoms with Crippen LogP contribution in [0.25, 0.3) is 5.52 Å². The third-order valence-corrected chi connectivity index (χ3v) is 5.56. The number of imidazole rings is 1. The average molecular weight is 414 g/mol. The van der Waals surface area contributed by atoms with Crippen LogP contribution in [0.15, 0.2) is 42.7 Å². The maximum atomic E-state index is 12.4. The van der Waals surface area contributed by atoms with Crippen molar-refractivity contribution < 1.29 is 19.1 Å². The monoisotopic (exact) mass is 413 g/mol. The van der Waals surface area contributed by atoms with Gasteiger partial charge in [-0.3, -0.25) is 9.20 Å². The van der Waals surface area contributed by atoms with Crippen molar-refractivity contribution in [1.29, 1.82) is 0 Å². The molecule has 1 aromatic carbocycles. The summed E-state index contributed by atoms with van der Waals surface area (Å²) in [6, 6.07) is 8.82. The minimum Gasteiger partial charge on any atom is -0.462 e. The Balaban J connectivity index is 1.36. The third kappa shape index (κ3) is 3.82. The number of ether oxygens (including phenoxy) is 2. The summed E-state index contributed by atoms with van der Waals surface area (Å²) in [5.41, 5.74) is 2.27. The number of carbonyl (C=O) groups is 2. The molecule has 0 radical (unpaired) electrons. The van der Waals surface area contributed by atoms with Crippen molar-refractivity contribution in [2.24, 2.45) is 5.92 Å². The minimum atomic E-state index is -1.04. The predicted octanol–water partition coefficient (Wildman–Crippen LogP) is 3.64. The third-order valence-electron chi connectivity index (χ3n) is 5.28. The molecule has 0 spiro atoms. The van der Waals surface area contributed by atoms with Crippen LogP contribution in [-0.2, 0) is 19.1 Å². The zero-order valence-electron chi connectivity index (χ0n) is 15.8. The van der Waals surface area contributed by atoms with Crippen LogP contribution in [0.1, 0.15) is 41.9 Å². The highest BCUT2D eigenvalue weighted by Crippen LogP contribution is 2.42. The quantitative estimate of drug-likeness (QED) is 0.434. The van der Waals surface area contributed by atoms with Crippen LogP contribution in [0.2, 0.25) is 5.15 Å². The number of benzene rings is 1. The molecule has 29 heavy (non-hydrogen) atoms. The van der Waals surface area contributed by atoms with Gasteiger partial charge < -0.3 is 9.47 Å². The van der Waals surface area contributed by atoms with E-state index in [4.69, 9.17) is 21.1 Å². The highest BCUT2D eigenvalue weighted by molar-refractivity contribution is 6.32. The molecule has 1 aliphatic carbocycles. The largest absolute Gasteiger partial charge is 0.462 e. The number of fused-ring (bicyclic) bond motifs is 1. The van der Waals surface area contributed by atoms with Crippen LogP contribution in [0, 0.1) is 12.8 Å². The molecule has 0 N–H and O–H groups in total. The molecule has 1 saturated carbocycles. The van der Waals surface area contributed by atoms with Gasteiger partial charge in [0.15, 0.2) is 5.15 Å². The van der Waals surface area contributed by atoms with Crippen LogP contribution in [-0.4, -0.2) is 33.4 Å². The first-order chi connectivity index (χ1) is 14.1. The molecular weight excluding hydrogens is 394 g/mol. The summed E-state index contributed by atoms with van der Waals surface area (Å²) in [5.74, 6) is 0.902. The van der Waals surface area contributed by atoms with Crippen LogP contribution in [0.4, 0.5) is 0 Å². The molecule has 0 aliphatic heterocycles. The molecule has 0 bridgehead atoms. The molecule has 1 aliphatic rings. The lowest BCUT2D eigenvalue weighted by atomic mass is 9.75. The number of esters is 1. The first-order valence-corrected chi connectivity index (χ1v) is 9.76. The number of aromatic nitrogens is 3. The van der Waals surface area contributed by atoms with Crippen molar-refractivity contribution in [2.75, 3.05) is 6.61 Å². The molecule has 1 atom stereocenters. The Bertz CT molecular complexity index is 1030. The SMILES string of the molecule is Cc1nc(C2CC(COC(=O)C(OC=O)c3ccccc3)C2)n2ccnc(Cl)c12. The van der Waals surface area contributed by atoms with Gasteiger partial charge in [-0.1, -0.05) is 41.9 Å². The van der Waals surface area contributed by atoms with Crippen molar-refractivity contribution in [1.82, 2.24) is 14.4 Å². The van der Waals surface area contributed by atoms with Crippen molar-refractivity contribution in [3.63, 3.8) is 0 Å². The van der Waals surface area contributed by atoms with Gasteiger partial charge in [-0.25, -0.2) is 14.8 Å². The molecule has 7 nitrogen and oxygen atoms in total. The van der Waals surface area contributed by atoms with E-state index in [1.54, 1.807) is 30.5 Å². The smallest absolute Gasteiger partial charge is 0.352 e. The number of nitrogens with zero attached hydrogens (tertiary/aromatic N) is 3. The van der Waals surface area contributed by atoms with Gasteiger partial charge in [-0.15, -0.1) is 0 Å². The standard InChI is InChI=1S/C21H20ClN3O4/c1-13-17-19(22)23-7-8-25(17)20(24-13)16-9-14(10-16)11-28-21(27)18(29-12-26)15-5-3-2-4-6-15/h2-8,12,14,16,18H,9-11H2,1H3. The molecule has 0 saturated heterocycles. The Morgan fingerprint density at radius 2 is 2.10 bits per heavy atom. The highest BCUT2D eigenvalue weighted by Gasteiger charge is 2.35. The van der Waals surface area contributed by atoms with Gasteiger partial charge in [0, 0.05) is 23.9 Å². The number of hydrogen-bond donors (Lipinski definition) is 0. The molecule has 2 heterocycles. The fourth-order valence-corrected chi connectivity index (χ4v) is 4.08. The molecule has 1 fully saturated rings. The van der Waals surface area contributed by atoms with E-state index in [-0.39, 0.29) is 24.9 Å². The molecule has 1 unspecified atom stereocenters. The van der Waals surface area contributed by atoms with Crippen molar-refractivity contribution in [3.05, 3.63) is 65.0 Å². The minimum absolute atomic E-state index is 0.238. The van der Waals surface area contributed by atoms with E-state index in [2.05, 4.69) is 9.97 Å². The number of aryl methyl sites for hydroxylation is 1. The Hall–Kier alpha value is -2.93. The summed E-state index contributed by atoms with van der Waals surface area (Å²) in [5, 5.41) is 0.440. The molecule has 3 aromatic rings. The summed E-state index contributed by atoms with van der Waals surface area (Å²) >= 11 is 6.19. The first-order valence-electron chi connectivity index (χ1n) is 9.38. The zero-order chi connectivity index (χ0) is 20.4. The summed E-state index contributed by atoms with van der Waals surface area (Å²) in [4.78, 5) is 32.0. The number of hydrogen-bond acceptors (Lipinski definition) is 6. The van der Waals surface area contributed by atoms with Gasteiger partial charge in [-0.05, 0) is 25.7 Å². The van der Waals surface area contributed by atoms with Crippen LogP contribution >= 0.6 is 11.6 Å².